The van der Waals surface area contributed by atoms with Crippen LogP contribution in [0.1, 0.15) is 84.5 Å². The second-order valence-corrected chi connectivity index (χ2v) is 9.75. The third-order valence-electron chi connectivity index (χ3n) is 6.72. The molecule has 4 heteroatoms. The van der Waals surface area contributed by atoms with Gasteiger partial charge in [-0.25, -0.2) is 0 Å². The molecule has 0 spiro atoms. The molecule has 0 aliphatic carbocycles. The van der Waals surface area contributed by atoms with Gasteiger partial charge in [-0.05, 0) is 81.2 Å². The van der Waals surface area contributed by atoms with E-state index in [1.807, 2.05) is 0 Å². The van der Waals surface area contributed by atoms with Crippen molar-refractivity contribution in [2.45, 2.75) is 89.7 Å². The molecule has 1 fully saturated rings. The number of hydrogen-bond acceptors (Lipinski definition) is 4. The van der Waals surface area contributed by atoms with E-state index in [-0.39, 0.29) is 0 Å². The van der Waals surface area contributed by atoms with E-state index in [1.54, 1.807) is 0 Å². The molecule has 0 radical (unpaired) electrons. The number of hydrogen-bond donors (Lipinski definition) is 3. The second-order valence-electron chi connectivity index (χ2n) is 8.30. The van der Waals surface area contributed by atoms with Crippen LogP contribution in [0.2, 0.25) is 0 Å². The maximum atomic E-state index is 5.99. The lowest BCUT2D eigenvalue weighted by Gasteiger charge is -2.47. The summed E-state index contributed by atoms with van der Waals surface area (Å²) in [5.41, 5.74) is 17.9. The molecule has 1 saturated heterocycles. The Morgan fingerprint density at radius 1 is 0.840 bits per heavy atom. The molecule has 0 aromatic rings. The van der Waals surface area contributed by atoms with Gasteiger partial charge in [-0.3, -0.25) is 0 Å². The third-order valence-corrected chi connectivity index (χ3v) is 8.16. The normalized spacial score (nSPS) is 28.2. The highest BCUT2D eigenvalue weighted by Crippen LogP contribution is 2.50. The Morgan fingerprint density at radius 2 is 1.56 bits per heavy atom. The smallest absolute Gasteiger partial charge is 0.00782 e. The third kappa shape index (κ3) is 7.78. The molecule has 4 atom stereocenters. The van der Waals surface area contributed by atoms with Crippen LogP contribution in [0.25, 0.3) is 0 Å². The Labute approximate surface area is 161 Å². The molecule has 0 bridgehead atoms. The van der Waals surface area contributed by atoms with Gasteiger partial charge in [0, 0.05) is 5.25 Å². The largest absolute Gasteiger partial charge is 0.330 e. The molecule has 0 aromatic carbocycles. The van der Waals surface area contributed by atoms with Gasteiger partial charge in [-0.2, -0.15) is 11.8 Å². The summed E-state index contributed by atoms with van der Waals surface area (Å²) in [4.78, 5) is 0. The van der Waals surface area contributed by atoms with Gasteiger partial charge in [0.1, 0.15) is 0 Å². The Kier molecular flexibility index (Phi) is 12.5. The van der Waals surface area contributed by atoms with E-state index in [9.17, 15) is 0 Å². The van der Waals surface area contributed by atoms with Crippen molar-refractivity contribution in [1.29, 1.82) is 0 Å². The maximum Gasteiger partial charge on any atom is 0.00782 e. The van der Waals surface area contributed by atoms with Gasteiger partial charge in [0.05, 0.1) is 0 Å². The van der Waals surface area contributed by atoms with Gasteiger partial charge in [0.15, 0.2) is 0 Å². The first-order chi connectivity index (χ1) is 12.1. The SMILES string of the molecule is CC1CCSC(C)C1(CCN)CCCCCCC(CCN)CCCN. The molecular formula is C21H45N3S. The zero-order valence-electron chi connectivity index (χ0n) is 17.0. The van der Waals surface area contributed by atoms with Crippen molar-refractivity contribution < 1.29 is 0 Å². The first-order valence-electron chi connectivity index (χ1n) is 10.8. The minimum Gasteiger partial charge on any atom is -0.330 e. The van der Waals surface area contributed by atoms with Crippen LogP contribution in [-0.4, -0.2) is 30.6 Å². The predicted octanol–water partition coefficient (Wildman–Crippen LogP) is 4.53. The Hall–Kier alpha value is 0.230. The fraction of sp³-hybridized carbons (Fsp3) is 1.00. The summed E-state index contributed by atoms with van der Waals surface area (Å²) in [5, 5.41) is 0.769. The predicted molar refractivity (Wildman–Crippen MR) is 115 cm³/mol. The minimum atomic E-state index is 0.487. The molecule has 4 unspecified atom stereocenters. The summed E-state index contributed by atoms with van der Waals surface area (Å²) in [7, 11) is 0. The van der Waals surface area contributed by atoms with Crippen molar-refractivity contribution in [1.82, 2.24) is 0 Å². The molecule has 3 nitrogen and oxygen atoms in total. The monoisotopic (exact) mass is 371 g/mol. The number of rotatable bonds is 14. The molecule has 1 heterocycles. The van der Waals surface area contributed by atoms with Gasteiger partial charge in [-0.1, -0.05) is 46.0 Å². The molecule has 0 aromatic heterocycles. The van der Waals surface area contributed by atoms with Crippen LogP contribution in [0.5, 0.6) is 0 Å². The summed E-state index contributed by atoms with van der Waals surface area (Å²) in [6.45, 7) is 7.41. The van der Waals surface area contributed by atoms with Crippen molar-refractivity contribution in [2.75, 3.05) is 25.4 Å². The van der Waals surface area contributed by atoms with E-state index < -0.39 is 0 Å². The fourth-order valence-electron chi connectivity index (χ4n) is 4.88. The van der Waals surface area contributed by atoms with Crippen molar-refractivity contribution in [2.24, 2.45) is 34.5 Å². The number of thioether (sulfide) groups is 1. The Balaban J connectivity index is 2.29. The standard InChI is InChI=1S/C21H45N3S/c1-18-11-17-25-19(2)21(18,13-16-24)12-6-4-3-5-8-20(10-15-23)9-7-14-22/h18-20H,3-17,22-24H2,1-2H3. The van der Waals surface area contributed by atoms with Crippen molar-refractivity contribution in [3.05, 3.63) is 0 Å². The molecule has 25 heavy (non-hydrogen) atoms. The lowest BCUT2D eigenvalue weighted by Crippen LogP contribution is -2.42. The molecule has 1 rings (SSSR count). The lowest BCUT2D eigenvalue weighted by molar-refractivity contribution is 0.129. The highest BCUT2D eigenvalue weighted by Gasteiger charge is 2.42. The fourth-order valence-corrected chi connectivity index (χ4v) is 6.53. The van der Waals surface area contributed by atoms with Crippen LogP contribution in [0.3, 0.4) is 0 Å². The first-order valence-corrected chi connectivity index (χ1v) is 11.9. The van der Waals surface area contributed by atoms with Crippen molar-refractivity contribution in [3.63, 3.8) is 0 Å². The van der Waals surface area contributed by atoms with E-state index in [2.05, 4.69) is 25.6 Å². The highest BCUT2D eigenvalue weighted by atomic mass is 32.2. The van der Waals surface area contributed by atoms with E-state index in [0.29, 0.717) is 5.41 Å². The van der Waals surface area contributed by atoms with Crippen molar-refractivity contribution in [3.8, 4) is 0 Å². The molecule has 0 amide bonds. The van der Waals surface area contributed by atoms with Gasteiger partial charge < -0.3 is 17.2 Å². The van der Waals surface area contributed by atoms with E-state index in [1.165, 1.54) is 70.0 Å². The van der Waals surface area contributed by atoms with Gasteiger partial charge >= 0.3 is 0 Å². The summed E-state index contributed by atoms with van der Waals surface area (Å²) >= 11 is 2.18. The molecule has 6 N–H and O–H groups in total. The van der Waals surface area contributed by atoms with Crippen LogP contribution >= 0.6 is 11.8 Å². The molecule has 150 valence electrons. The average molecular weight is 372 g/mol. The first kappa shape index (κ1) is 23.3. The Morgan fingerprint density at radius 3 is 2.20 bits per heavy atom. The van der Waals surface area contributed by atoms with Crippen LogP contribution < -0.4 is 17.2 Å². The average Bonchev–Trinajstić information content (AvgIpc) is 2.60. The Bertz CT molecular complexity index is 314. The van der Waals surface area contributed by atoms with E-state index in [4.69, 9.17) is 17.2 Å². The van der Waals surface area contributed by atoms with Crippen molar-refractivity contribution >= 4 is 11.8 Å². The zero-order chi connectivity index (χ0) is 18.5. The summed E-state index contributed by atoms with van der Waals surface area (Å²) < 4.78 is 0. The molecular weight excluding hydrogens is 326 g/mol. The van der Waals surface area contributed by atoms with Gasteiger partial charge in [0.2, 0.25) is 0 Å². The molecule has 1 aliphatic heterocycles. The van der Waals surface area contributed by atoms with Crippen LogP contribution in [0.15, 0.2) is 0 Å². The topological polar surface area (TPSA) is 78.1 Å². The van der Waals surface area contributed by atoms with E-state index >= 15 is 0 Å². The van der Waals surface area contributed by atoms with Crippen LogP contribution in [0.4, 0.5) is 0 Å². The highest BCUT2D eigenvalue weighted by molar-refractivity contribution is 7.99. The second kappa shape index (κ2) is 13.4. The minimum absolute atomic E-state index is 0.487. The molecule has 1 aliphatic rings. The van der Waals surface area contributed by atoms with E-state index in [0.717, 1.165) is 43.1 Å². The van der Waals surface area contributed by atoms with Gasteiger partial charge in [0.25, 0.3) is 0 Å². The maximum absolute atomic E-state index is 5.99. The van der Waals surface area contributed by atoms with Gasteiger partial charge in [-0.15, -0.1) is 0 Å². The zero-order valence-corrected chi connectivity index (χ0v) is 17.8. The van der Waals surface area contributed by atoms with Crippen LogP contribution in [0, 0.1) is 17.3 Å². The molecule has 0 saturated carbocycles. The number of nitrogens with two attached hydrogens (primary N) is 3. The number of unbranched alkanes of at least 4 members (excludes halogenated alkanes) is 3. The quantitative estimate of drug-likeness (QED) is 0.392. The lowest BCUT2D eigenvalue weighted by atomic mass is 9.66. The summed E-state index contributed by atoms with van der Waals surface area (Å²) in [6, 6.07) is 0. The summed E-state index contributed by atoms with van der Waals surface area (Å²) in [5.74, 6) is 2.96. The van der Waals surface area contributed by atoms with Crippen LogP contribution in [-0.2, 0) is 0 Å². The summed E-state index contributed by atoms with van der Waals surface area (Å²) in [6.07, 6.45) is 14.4.